The van der Waals surface area contributed by atoms with Crippen molar-refractivity contribution in [3.8, 4) is 0 Å². The van der Waals surface area contributed by atoms with Crippen LogP contribution in [0.2, 0.25) is 0 Å². The van der Waals surface area contributed by atoms with Gasteiger partial charge >= 0.3 is 0 Å². The topological polar surface area (TPSA) is 49.5 Å². The van der Waals surface area contributed by atoms with Crippen molar-refractivity contribution in [3.05, 3.63) is 29.8 Å². The summed E-state index contributed by atoms with van der Waals surface area (Å²) in [6, 6.07) is 8.24. The van der Waals surface area contributed by atoms with E-state index >= 15 is 0 Å². The molecule has 0 heterocycles. The molecule has 0 saturated heterocycles. The molecule has 1 saturated carbocycles. The number of hydrogen-bond acceptors (Lipinski definition) is 3. The standard InChI is InChI=1S/C18H30N2O/c1-4-14-6-5-11-18(12-14,13-19)17(21)15-7-9-16(10-8-15)20(2)3/h7-10,14,17,21H,4-6,11-13,19H2,1-3H3. The smallest absolute Gasteiger partial charge is 0.0858 e. The van der Waals surface area contributed by atoms with Crippen molar-refractivity contribution in [1.82, 2.24) is 0 Å². The van der Waals surface area contributed by atoms with Gasteiger partial charge in [-0.05, 0) is 36.5 Å². The minimum Gasteiger partial charge on any atom is -0.388 e. The van der Waals surface area contributed by atoms with Gasteiger partial charge in [-0.25, -0.2) is 0 Å². The number of benzene rings is 1. The molecule has 118 valence electrons. The molecule has 0 amide bonds. The predicted molar refractivity (Wildman–Crippen MR) is 89.5 cm³/mol. The fraction of sp³-hybridized carbons (Fsp3) is 0.667. The monoisotopic (exact) mass is 290 g/mol. The van der Waals surface area contributed by atoms with Crippen molar-refractivity contribution in [2.45, 2.75) is 45.1 Å². The van der Waals surface area contributed by atoms with Gasteiger partial charge in [0, 0.05) is 31.7 Å². The average molecular weight is 290 g/mol. The van der Waals surface area contributed by atoms with Crippen molar-refractivity contribution in [2.75, 3.05) is 25.5 Å². The molecule has 21 heavy (non-hydrogen) atoms. The summed E-state index contributed by atoms with van der Waals surface area (Å²) in [5.74, 6) is 0.706. The molecule has 0 aromatic heterocycles. The third-order valence-electron chi connectivity index (χ3n) is 5.27. The Labute approximate surface area is 129 Å². The highest BCUT2D eigenvalue weighted by molar-refractivity contribution is 5.46. The molecule has 1 aromatic carbocycles. The van der Waals surface area contributed by atoms with E-state index in [0.717, 1.165) is 24.1 Å². The summed E-state index contributed by atoms with van der Waals surface area (Å²) in [5.41, 5.74) is 8.12. The van der Waals surface area contributed by atoms with E-state index in [4.69, 9.17) is 5.73 Å². The van der Waals surface area contributed by atoms with E-state index in [2.05, 4.69) is 24.0 Å². The molecule has 3 N–H and O–H groups in total. The number of aliphatic hydroxyl groups is 1. The molecule has 3 heteroatoms. The highest BCUT2D eigenvalue weighted by atomic mass is 16.3. The molecule has 0 aliphatic heterocycles. The second-order valence-electron chi connectivity index (χ2n) is 6.83. The first-order chi connectivity index (χ1) is 10.0. The number of nitrogens with two attached hydrogens (primary N) is 1. The summed E-state index contributed by atoms with van der Waals surface area (Å²) in [6.45, 7) is 2.82. The normalized spacial score (nSPS) is 27.4. The maximum Gasteiger partial charge on any atom is 0.0858 e. The van der Waals surface area contributed by atoms with E-state index in [1.807, 2.05) is 26.2 Å². The molecule has 0 spiro atoms. The van der Waals surface area contributed by atoms with Gasteiger partial charge in [0.15, 0.2) is 0 Å². The van der Waals surface area contributed by atoms with Crippen LogP contribution in [-0.4, -0.2) is 25.7 Å². The second kappa shape index (κ2) is 6.80. The maximum atomic E-state index is 10.9. The lowest BCUT2D eigenvalue weighted by molar-refractivity contribution is -0.0162. The Morgan fingerprint density at radius 2 is 2.00 bits per heavy atom. The van der Waals surface area contributed by atoms with Crippen molar-refractivity contribution >= 4 is 5.69 Å². The van der Waals surface area contributed by atoms with Gasteiger partial charge in [-0.2, -0.15) is 0 Å². The van der Waals surface area contributed by atoms with Crippen LogP contribution in [0.25, 0.3) is 0 Å². The Bertz CT molecular complexity index is 443. The second-order valence-corrected chi connectivity index (χ2v) is 6.83. The molecular formula is C18H30N2O. The Hall–Kier alpha value is -1.06. The van der Waals surface area contributed by atoms with Crippen LogP contribution in [-0.2, 0) is 0 Å². The number of nitrogens with zero attached hydrogens (tertiary/aromatic N) is 1. The Kier molecular flexibility index (Phi) is 5.28. The van der Waals surface area contributed by atoms with Crippen LogP contribution in [0.15, 0.2) is 24.3 Å². The first-order valence-corrected chi connectivity index (χ1v) is 8.18. The molecule has 0 radical (unpaired) electrons. The Morgan fingerprint density at radius 3 is 2.52 bits per heavy atom. The lowest BCUT2D eigenvalue weighted by Gasteiger charge is -2.43. The zero-order valence-electron chi connectivity index (χ0n) is 13.7. The summed E-state index contributed by atoms with van der Waals surface area (Å²) in [5, 5.41) is 10.9. The lowest BCUT2D eigenvalue weighted by Crippen LogP contribution is -2.41. The number of anilines is 1. The van der Waals surface area contributed by atoms with Crippen molar-refractivity contribution < 1.29 is 5.11 Å². The van der Waals surface area contributed by atoms with Crippen molar-refractivity contribution in [3.63, 3.8) is 0 Å². The van der Waals surface area contributed by atoms with Gasteiger partial charge < -0.3 is 15.7 Å². The zero-order valence-corrected chi connectivity index (χ0v) is 13.7. The Balaban J connectivity index is 2.20. The van der Waals surface area contributed by atoms with Gasteiger partial charge in [-0.15, -0.1) is 0 Å². The van der Waals surface area contributed by atoms with Gasteiger partial charge in [-0.1, -0.05) is 38.3 Å². The van der Waals surface area contributed by atoms with E-state index in [-0.39, 0.29) is 5.41 Å². The largest absolute Gasteiger partial charge is 0.388 e. The van der Waals surface area contributed by atoms with Crippen molar-refractivity contribution in [2.24, 2.45) is 17.1 Å². The maximum absolute atomic E-state index is 10.9. The first kappa shape index (κ1) is 16.3. The molecule has 1 aromatic rings. The quantitative estimate of drug-likeness (QED) is 0.874. The highest BCUT2D eigenvalue weighted by Crippen LogP contribution is 2.48. The number of aliphatic hydroxyl groups excluding tert-OH is 1. The van der Waals surface area contributed by atoms with Crippen LogP contribution in [0, 0.1) is 11.3 Å². The van der Waals surface area contributed by atoms with Crippen LogP contribution in [0.1, 0.15) is 50.7 Å². The fourth-order valence-corrected chi connectivity index (χ4v) is 3.72. The number of rotatable bonds is 5. The molecule has 3 nitrogen and oxygen atoms in total. The third kappa shape index (κ3) is 3.41. The molecule has 1 aliphatic carbocycles. The minimum absolute atomic E-state index is 0.140. The summed E-state index contributed by atoms with van der Waals surface area (Å²) in [4.78, 5) is 2.07. The molecule has 3 unspecified atom stereocenters. The molecule has 3 atom stereocenters. The molecule has 0 bridgehead atoms. The van der Waals surface area contributed by atoms with E-state index in [9.17, 15) is 5.11 Å². The summed E-state index contributed by atoms with van der Waals surface area (Å²) in [6.07, 6.45) is 5.29. The van der Waals surface area contributed by atoms with Crippen LogP contribution in [0.4, 0.5) is 5.69 Å². The van der Waals surface area contributed by atoms with Gasteiger partial charge in [0.2, 0.25) is 0 Å². The molecule has 2 rings (SSSR count). The first-order valence-electron chi connectivity index (χ1n) is 8.18. The zero-order chi connectivity index (χ0) is 15.5. The summed E-state index contributed by atoms with van der Waals surface area (Å²) >= 11 is 0. The minimum atomic E-state index is -0.451. The Morgan fingerprint density at radius 1 is 1.33 bits per heavy atom. The van der Waals surface area contributed by atoms with E-state index in [0.29, 0.717) is 12.5 Å². The van der Waals surface area contributed by atoms with E-state index in [1.165, 1.54) is 19.3 Å². The van der Waals surface area contributed by atoms with Gasteiger partial charge in [0.1, 0.15) is 0 Å². The highest BCUT2D eigenvalue weighted by Gasteiger charge is 2.41. The van der Waals surface area contributed by atoms with E-state index < -0.39 is 6.10 Å². The summed E-state index contributed by atoms with van der Waals surface area (Å²) in [7, 11) is 4.06. The molecular weight excluding hydrogens is 260 g/mol. The fourth-order valence-electron chi connectivity index (χ4n) is 3.72. The molecule has 1 fully saturated rings. The third-order valence-corrected chi connectivity index (χ3v) is 5.27. The lowest BCUT2D eigenvalue weighted by atomic mass is 9.64. The number of hydrogen-bond donors (Lipinski definition) is 2. The van der Waals surface area contributed by atoms with Crippen LogP contribution >= 0.6 is 0 Å². The van der Waals surface area contributed by atoms with Gasteiger partial charge in [0.05, 0.1) is 6.10 Å². The van der Waals surface area contributed by atoms with Gasteiger partial charge in [0.25, 0.3) is 0 Å². The van der Waals surface area contributed by atoms with Crippen LogP contribution < -0.4 is 10.6 Å². The van der Waals surface area contributed by atoms with Crippen LogP contribution in [0.3, 0.4) is 0 Å². The van der Waals surface area contributed by atoms with Gasteiger partial charge in [-0.3, -0.25) is 0 Å². The van der Waals surface area contributed by atoms with E-state index in [1.54, 1.807) is 0 Å². The SMILES string of the molecule is CCC1CCCC(CN)(C(O)c2ccc(N(C)C)cc2)C1. The predicted octanol–water partition coefficient (Wildman–Crippen LogP) is 3.33. The molecule has 1 aliphatic rings. The summed E-state index contributed by atoms with van der Waals surface area (Å²) < 4.78 is 0. The van der Waals surface area contributed by atoms with Crippen molar-refractivity contribution in [1.29, 1.82) is 0 Å². The average Bonchev–Trinajstić information content (AvgIpc) is 2.54. The van der Waals surface area contributed by atoms with Crippen LogP contribution in [0.5, 0.6) is 0 Å².